The summed E-state index contributed by atoms with van der Waals surface area (Å²) in [5, 5.41) is 1.47. The van der Waals surface area contributed by atoms with Crippen LogP contribution in [0.4, 0.5) is 5.82 Å². The molecule has 0 aliphatic rings. The van der Waals surface area contributed by atoms with E-state index in [-0.39, 0.29) is 5.41 Å². The van der Waals surface area contributed by atoms with Gasteiger partial charge in [-0.1, -0.05) is 32.4 Å². The SMILES string of the molecule is COc1ccc(Cl)c2nc(N)c(C(C)(C)C)cc12. The first-order chi connectivity index (χ1) is 8.34. The highest BCUT2D eigenvalue weighted by Crippen LogP contribution is 2.36. The van der Waals surface area contributed by atoms with E-state index in [1.807, 2.05) is 12.1 Å². The van der Waals surface area contributed by atoms with E-state index in [0.717, 1.165) is 16.7 Å². The number of ether oxygens (including phenoxy) is 1. The molecule has 2 aromatic rings. The van der Waals surface area contributed by atoms with Crippen LogP contribution in [0.25, 0.3) is 10.9 Å². The maximum absolute atomic E-state index is 6.15. The smallest absolute Gasteiger partial charge is 0.128 e. The molecule has 3 nitrogen and oxygen atoms in total. The molecule has 4 heteroatoms. The zero-order valence-electron chi connectivity index (χ0n) is 11.0. The van der Waals surface area contributed by atoms with E-state index < -0.39 is 0 Å². The Balaban J connectivity index is 2.84. The average Bonchev–Trinajstić information content (AvgIpc) is 2.28. The van der Waals surface area contributed by atoms with E-state index in [0.29, 0.717) is 16.4 Å². The number of nitrogens with two attached hydrogens (primary N) is 1. The van der Waals surface area contributed by atoms with E-state index >= 15 is 0 Å². The molecular weight excluding hydrogens is 248 g/mol. The second-order valence-electron chi connectivity index (χ2n) is 5.32. The normalized spacial score (nSPS) is 11.8. The van der Waals surface area contributed by atoms with Gasteiger partial charge in [-0.15, -0.1) is 0 Å². The Morgan fingerprint density at radius 2 is 1.94 bits per heavy atom. The van der Waals surface area contributed by atoms with Crippen LogP contribution in [0, 0.1) is 0 Å². The number of pyridine rings is 1. The molecule has 0 saturated carbocycles. The van der Waals surface area contributed by atoms with Crippen LogP contribution < -0.4 is 10.5 Å². The number of anilines is 1. The Kier molecular flexibility index (Phi) is 3.11. The van der Waals surface area contributed by atoms with Crippen molar-refractivity contribution in [2.24, 2.45) is 0 Å². The van der Waals surface area contributed by atoms with Gasteiger partial charge in [-0.3, -0.25) is 0 Å². The third-order valence-corrected chi connectivity index (χ3v) is 3.26. The summed E-state index contributed by atoms with van der Waals surface area (Å²) in [5.41, 5.74) is 7.63. The lowest BCUT2D eigenvalue weighted by molar-refractivity contribution is 0.419. The van der Waals surface area contributed by atoms with Gasteiger partial charge in [0.25, 0.3) is 0 Å². The minimum absolute atomic E-state index is 0.0708. The molecule has 18 heavy (non-hydrogen) atoms. The van der Waals surface area contributed by atoms with E-state index in [9.17, 15) is 0 Å². The van der Waals surface area contributed by atoms with Crippen LogP contribution in [-0.2, 0) is 5.41 Å². The second kappa shape index (κ2) is 4.32. The lowest BCUT2D eigenvalue weighted by Gasteiger charge is -2.21. The van der Waals surface area contributed by atoms with E-state index in [1.165, 1.54) is 0 Å². The number of methoxy groups -OCH3 is 1. The predicted octanol–water partition coefficient (Wildman–Crippen LogP) is 3.78. The first-order valence-electron chi connectivity index (χ1n) is 5.78. The van der Waals surface area contributed by atoms with Gasteiger partial charge < -0.3 is 10.5 Å². The van der Waals surface area contributed by atoms with Gasteiger partial charge in [-0.05, 0) is 23.6 Å². The molecule has 0 spiro atoms. The number of aromatic nitrogens is 1. The summed E-state index contributed by atoms with van der Waals surface area (Å²) >= 11 is 6.15. The van der Waals surface area contributed by atoms with Crippen LogP contribution in [0.5, 0.6) is 5.75 Å². The van der Waals surface area contributed by atoms with E-state index in [4.69, 9.17) is 22.1 Å². The first kappa shape index (κ1) is 13.0. The molecule has 0 aliphatic carbocycles. The molecule has 1 aromatic carbocycles. The number of halogens is 1. The van der Waals surface area contributed by atoms with E-state index in [2.05, 4.69) is 25.8 Å². The average molecular weight is 265 g/mol. The Labute approximate surface area is 112 Å². The number of hydrogen-bond acceptors (Lipinski definition) is 3. The molecule has 0 bridgehead atoms. The van der Waals surface area contributed by atoms with Gasteiger partial charge in [0.15, 0.2) is 0 Å². The molecule has 0 radical (unpaired) electrons. The predicted molar refractivity (Wildman–Crippen MR) is 76.4 cm³/mol. The largest absolute Gasteiger partial charge is 0.496 e. The molecule has 1 heterocycles. The molecule has 2 N–H and O–H groups in total. The molecule has 0 fully saturated rings. The van der Waals surface area contributed by atoms with Crippen molar-refractivity contribution >= 4 is 28.3 Å². The summed E-state index contributed by atoms with van der Waals surface area (Å²) < 4.78 is 5.35. The quantitative estimate of drug-likeness (QED) is 0.853. The number of rotatable bonds is 1. The van der Waals surface area contributed by atoms with Gasteiger partial charge in [-0.25, -0.2) is 4.98 Å². The van der Waals surface area contributed by atoms with Crippen molar-refractivity contribution in [2.75, 3.05) is 12.8 Å². The Hall–Kier alpha value is -1.48. The van der Waals surface area contributed by atoms with Crippen molar-refractivity contribution in [3.63, 3.8) is 0 Å². The van der Waals surface area contributed by atoms with Gasteiger partial charge in [0.2, 0.25) is 0 Å². The zero-order chi connectivity index (χ0) is 13.5. The second-order valence-corrected chi connectivity index (χ2v) is 5.72. The van der Waals surface area contributed by atoms with Crippen LogP contribution in [0.15, 0.2) is 18.2 Å². The minimum Gasteiger partial charge on any atom is -0.496 e. The van der Waals surface area contributed by atoms with Gasteiger partial charge >= 0.3 is 0 Å². The van der Waals surface area contributed by atoms with Crippen molar-refractivity contribution < 1.29 is 4.74 Å². The van der Waals surface area contributed by atoms with Gasteiger partial charge in [0, 0.05) is 10.9 Å². The number of nitrogens with zero attached hydrogens (tertiary/aromatic N) is 1. The monoisotopic (exact) mass is 264 g/mol. The summed E-state index contributed by atoms with van der Waals surface area (Å²) in [6.45, 7) is 6.30. The molecule has 0 aliphatic heterocycles. The topological polar surface area (TPSA) is 48.1 Å². The molecule has 96 valence electrons. The third-order valence-electron chi connectivity index (χ3n) is 2.95. The molecule has 0 atom stereocenters. The fraction of sp³-hybridized carbons (Fsp3) is 0.357. The summed E-state index contributed by atoms with van der Waals surface area (Å²) in [7, 11) is 1.63. The van der Waals surface area contributed by atoms with Gasteiger partial charge in [-0.2, -0.15) is 0 Å². The van der Waals surface area contributed by atoms with Crippen molar-refractivity contribution in [3.8, 4) is 5.75 Å². The zero-order valence-corrected chi connectivity index (χ0v) is 11.8. The molecule has 1 aromatic heterocycles. The number of nitrogen functional groups attached to an aromatic ring is 1. The maximum Gasteiger partial charge on any atom is 0.128 e. The number of hydrogen-bond donors (Lipinski definition) is 1. The van der Waals surface area contributed by atoms with Crippen LogP contribution >= 0.6 is 11.6 Å². The van der Waals surface area contributed by atoms with Gasteiger partial charge in [0.05, 0.1) is 17.6 Å². The third kappa shape index (κ3) is 2.10. The summed E-state index contributed by atoms with van der Waals surface area (Å²) in [6.07, 6.45) is 0. The summed E-state index contributed by atoms with van der Waals surface area (Å²) in [5.74, 6) is 1.28. The summed E-state index contributed by atoms with van der Waals surface area (Å²) in [4.78, 5) is 4.42. The minimum atomic E-state index is -0.0708. The lowest BCUT2D eigenvalue weighted by atomic mass is 9.86. The molecule has 0 amide bonds. The molecule has 0 unspecified atom stereocenters. The lowest BCUT2D eigenvalue weighted by Crippen LogP contribution is -2.15. The standard InChI is InChI=1S/C14H17ClN2O/c1-14(2,3)9-7-8-11(18-4)6-5-10(15)12(8)17-13(9)16/h5-7H,1-4H3,(H2,16,17). The van der Waals surface area contributed by atoms with Crippen molar-refractivity contribution in [1.82, 2.24) is 4.98 Å². The van der Waals surface area contributed by atoms with Crippen LogP contribution in [0.2, 0.25) is 5.02 Å². The molecular formula is C14H17ClN2O. The number of fused-ring (bicyclic) bond motifs is 1. The van der Waals surface area contributed by atoms with Crippen LogP contribution in [0.3, 0.4) is 0 Å². The summed E-state index contributed by atoms with van der Waals surface area (Å²) in [6, 6.07) is 5.63. The highest BCUT2D eigenvalue weighted by Gasteiger charge is 2.20. The fourth-order valence-electron chi connectivity index (χ4n) is 1.99. The van der Waals surface area contributed by atoms with E-state index in [1.54, 1.807) is 13.2 Å². The number of benzene rings is 1. The maximum atomic E-state index is 6.15. The Morgan fingerprint density at radius 1 is 1.28 bits per heavy atom. The van der Waals surface area contributed by atoms with Gasteiger partial charge in [0.1, 0.15) is 11.6 Å². The Morgan fingerprint density at radius 3 is 2.50 bits per heavy atom. The van der Waals surface area contributed by atoms with Crippen molar-refractivity contribution in [3.05, 3.63) is 28.8 Å². The first-order valence-corrected chi connectivity index (χ1v) is 6.15. The van der Waals surface area contributed by atoms with Crippen LogP contribution in [0.1, 0.15) is 26.3 Å². The van der Waals surface area contributed by atoms with Crippen LogP contribution in [-0.4, -0.2) is 12.1 Å². The molecule has 2 rings (SSSR count). The highest BCUT2D eigenvalue weighted by molar-refractivity contribution is 6.35. The molecule has 0 saturated heterocycles. The van der Waals surface area contributed by atoms with Crippen molar-refractivity contribution in [1.29, 1.82) is 0 Å². The highest BCUT2D eigenvalue weighted by atomic mass is 35.5. The Bertz CT molecular complexity index is 603. The van der Waals surface area contributed by atoms with Crippen molar-refractivity contribution in [2.45, 2.75) is 26.2 Å². The fourth-order valence-corrected chi connectivity index (χ4v) is 2.20.